The first-order chi connectivity index (χ1) is 9.28. The number of benzene rings is 1. The number of hydrazine groups is 1. The van der Waals surface area contributed by atoms with Crippen molar-refractivity contribution in [1.82, 2.24) is 10.4 Å². The molecule has 0 aliphatic heterocycles. The van der Waals surface area contributed by atoms with E-state index in [1.165, 1.54) is 19.3 Å². The third-order valence-corrected chi connectivity index (χ3v) is 4.66. The molecule has 2 aromatic rings. The number of fused-ring (bicyclic) bond motifs is 1. The number of hydrogen-bond donors (Lipinski definition) is 2. The van der Waals surface area contributed by atoms with Crippen molar-refractivity contribution in [2.45, 2.75) is 31.7 Å². The molecule has 0 amide bonds. The van der Waals surface area contributed by atoms with Crippen molar-refractivity contribution in [3.8, 4) is 0 Å². The van der Waals surface area contributed by atoms with E-state index in [2.05, 4.69) is 33.5 Å². The number of nitrogens with zero attached hydrogens (tertiary/aromatic N) is 1. The molecule has 0 bridgehead atoms. The van der Waals surface area contributed by atoms with Crippen LogP contribution in [0, 0.1) is 5.92 Å². The van der Waals surface area contributed by atoms with Crippen LogP contribution in [-0.4, -0.2) is 4.98 Å². The van der Waals surface area contributed by atoms with Crippen LogP contribution >= 0.6 is 15.9 Å². The van der Waals surface area contributed by atoms with Crippen molar-refractivity contribution in [3.05, 3.63) is 40.5 Å². The van der Waals surface area contributed by atoms with Gasteiger partial charge in [-0.05, 0) is 40.4 Å². The monoisotopic (exact) mass is 319 g/mol. The van der Waals surface area contributed by atoms with E-state index in [0.717, 1.165) is 33.4 Å². The van der Waals surface area contributed by atoms with Gasteiger partial charge in [-0.25, -0.2) is 4.98 Å². The standard InChI is InChI=1S/C15H18BrN3/c16-12-9-11-6-1-2-7-13(11)18-15(12)14(19-17)8-10-4-3-5-10/h1-2,6-7,9-10,14,19H,3-5,8,17H2. The lowest BCUT2D eigenvalue weighted by molar-refractivity contribution is 0.260. The zero-order valence-electron chi connectivity index (χ0n) is 10.8. The second kappa shape index (κ2) is 5.57. The topological polar surface area (TPSA) is 50.9 Å². The second-order valence-corrected chi connectivity index (χ2v) is 6.15. The fourth-order valence-electron chi connectivity index (χ4n) is 2.67. The zero-order chi connectivity index (χ0) is 13.2. The molecule has 1 heterocycles. The van der Waals surface area contributed by atoms with Gasteiger partial charge < -0.3 is 0 Å². The Morgan fingerprint density at radius 3 is 2.84 bits per heavy atom. The number of rotatable bonds is 4. The van der Waals surface area contributed by atoms with E-state index >= 15 is 0 Å². The Morgan fingerprint density at radius 1 is 1.37 bits per heavy atom. The average molecular weight is 320 g/mol. The molecule has 1 aliphatic rings. The van der Waals surface area contributed by atoms with E-state index in [4.69, 9.17) is 10.8 Å². The van der Waals surface area contributed by atoms with E-state index in [-0.39, 0.29) is 6.04 Å². The van der Waals surface area contributed by atoms with Crippen LogP contribution in [0.3, 0.4) is 0 Å². The summed E-state index contributed by atoms with van der Waals surface area (Å²) in [5.41, 5.74) is 4.97. The Labute approximate surface area is 121 Å². The van der Waals surface area contributed by atoms with E-state index in [1.807, 2.05) is 18.2 Å². The van der Waals surface area contributed by atoms with E-state index in [1.54, 1.807) is 0 Å². The van der Waals surface area contributed by atoms with Gasteiger partial charge >= 0.3 is 0 Å². The molecule has 19 heavy (non-hydrogen) atoms. The molecule has 3 nitrogen and oxygen atoms in total. The minimum absolute atomic E-state index is 0.129. The van der Waals surface area contributed by atoms with Crippen molar-refractivity contribution >= 4 is 26.8 Å². The lowest BCUT2D eigenvalue weighted by Crippen LogP contribution is -2.32. The predicted octanol–water partition coefficient (Wildman–Crippen LogP) is 3.69. The molecule has 0 spiro atoms. The molecule has 1 fully saturated rings. The number of pyridine rings is 1. The Hall–Kier alpha value is -0.970. The molecular formula is C15H18BrN3. The summed E-state index contributed by atoms with van der Waals surface area (Å²) in [6.45, 7) is 0. The third kappa shape index (κ3) is 2.66. The van der Waals surface area contributed by atoms with Crippen LogP contribution in [0.25, 0.3) is 10.9 Å². The Balaban J connectivity index is 1.94. The largest absolute Gasteiger partial charge is 0.271 e. The quantitative estimate of drug-likeness (QED) is 0.667. The van der Waals surface area contributed by atoms with E-state index in [9.17, 15) is 0 Å². The number of para-hydroxylation sites is 1. The van der Waals surface area contributed by atoms with Crippen molar-refractivity contribution in [3.63, 3.8) is 0 Å². The molecule has 0 saturated heterocycles. The number of hydrogen-bond acceptors (Lipinski definition) is 3. The van der Waals surface area contributed by atoms with Gasteiger partial charge in [0.2, 0.25) is 0 Å². The van der Waals surface area contributed by atoms with Gasteiger partial charge in [-0.3, -0.25) is 11.3 Å². The Bertz CT molecular complexity index is 581. The fraction of sp³-hybridized carbons (Fsp3) is 0.400. The fourth-order valence-corrected chi connectivity index (χ4v) is 3.28. The summed E-state index contributed by atoms with van der Waals surface area (Å²) in [5.74, 6) is 6.53. The molecule has 1 atom stereocenters. The third-order valence-electron chi connectivity index (χ3n) is 4.03. The lowest BCUT2D eigenvalue weighted by Gasteiger charge is -2.29. The van der Waals surface area contributed by atoms with Gasteiger partial charge in [0.1, 0.15) is 0 Å². The number of halogens is 1. The highest BCUT2D eigenvalue weighted by Gasteiger charge is 2.24. The first-order valence-corrected chi connectivity index (χ1v) is 7.58. The lowest BCUT2D eigenvalue weighted by atomic mass is 9.80. The number of nitrogens with one attached hydrogen (secondary N) is 1. The highest BCUT2D eigenvalue weighted by molar-refractivity contribution is 9.10. The molecule has 1 aromatic heterocycles. The molecule has 100 valence electrons. The summed E-state index contributed by atoms with van der Waals surface area (Å²) in [7, 11) is 0. The van der Waals surface area contributed by atoms with Crippen LogP contribution in [0.1, 0.15) is 37.4 Å². The van der Waals surface area contributed by atoms with Crippen LogP contribution in [0.4, 0.5) is 0 Å². The SMILES string of the molecule is NNC(CC1CCC1)c1nc2ccccc2cc1Br. The van der Waals surface area contributed by atoms with E-state index < -0.39 is 0 Å². The maximum Gasteiger partial charge on any atom is 0.0736 e. The highest BCUT2D eigenvalue weighted by Crippen LogP contribution is 2.36. The van der Waals surface area contributed by atoms with Crippen molar-refractivity contribution in [2.75, 3.05) is 0 Å². The van der Waals surface area contributed by atoms with E-state index in [0.29, 0.717) is 0 Å². The minimum Gasteiger partial charge on any atom is -0.271 e. The molecular weight excluding hydrogens is 302 g/mol. The van der Waals surface area contributed by atoms with Gasteiger partial charge in [0.05, 0.1) is 17.3 Å². The van der Waals surface area contributed by atoms with Crippen LogP contribution < -0.4 is 11.3 Å². The molecule has 3 N–H and O–H groups in total. The molecule has 1 unspecified atom stereocenters. The maximum atomic E-state index is 5.73. The number of aromatic nitrogens is 1. The van der Waals surface area contributed by atoms with Crippen molar-refractivity contribution in [2.24, 2.45) is 11.8 Å². The molecule has 4 heteroatoms. The van der Waals surface area contributed by atoms with Crippen LogP contribution in [0.15, 0.2) is 34.8 Å². The molecule has 3 rings (SSSR count). The second-order valence-electron chi connectivity index (χ2n) is 5.30. The summed E-state index contributed by atoms with van der Waals surface area (Å²) in [4.78, 5) is 4.77. The minimum atomic E-state index is 0.129. The first kappa shape index (κ1) is 13.0. The van der Waals surface area contributed by atoms with Gasteiger partial charge in [-0.1, -0.05) is 37.5 Å². The molecule has 1 aliphatic carbocycles. The average Bonchev–Trinajstić information content (AvgIpc) is 2.37. The normalized spacial score (nSPS) is 17.4. The highest BCUT2D eigenvalue weighted by atomic mass is 79.9. The maximum absolute atomic E-state index is 5.73. The number of nitrogens with two attached hydrogens (primary N) is 1. The van der Waals surface area contributed by atoms with Crippen LogP contribution in [-0.2, 0) is 0 Å². The predicted molar refractivity (Wildman–Crippen MR) is 81.5 cm³/mol. The Kier molecular flexibility index (Phi) is 3.82. The first-order valence-electron chi connectivity index (χ1n) is 6.79. The summed E-state index contributed by atoms with van der Waals surface area (Å²) in [6.07, 6.45) is 5.07. The van der Waals surface area contributed by atoms with Gasteiger partial charge in [-0.2, -0.15) is 0 Å². The summed E-state index contributed by atoms with van der Waals surface area (Å²) >= 11 is 3.63. The summed E-state index contributed by atoms with van der Waals surface area (Å²) in [5, 5.41) is 1.15. The Morgan fingerprint density at radius 2 is 2.16 bits per heavy atom. The van der Waals surface area contributed by atoms with Gasteiger partial charge in [0.15, 0.2) is 0 Å². The molecule has 1 aromatic carbocycles. The van der Waals surface area contributed by atoms with Crippen LogP contribution in [0.5, 0.6) is 0 Å². The summed E-state index contributed by atoms with van der Waals surface area (Å²) < 4.78 is 1.04. The van der Waals surface area contributed by atoms with Crippen molar-refractivity contribution < 1.29 is 0 Å². The summed E-state index contributed by atoms with van der Waals surface area (Å²) in [6, 6.07) is 10.4. The smallest absolute Gasteiger partial charge is 0.0736 e. The molecule has 0 radical (unpaired) electrons. The van der Waals surface area contributed by atoms with Gasteiger partial charge in [0.25, 0.3) is 0 Å². The van der Waals surface area contributed by atoms with Gasteiger partial charge in [0, 0.05) is 9.86 Å². The van der Waals surface area contributed by atoms with Crippen molar-refractivity contribution in [1.29, 1.82) is 0 Å². The van der Waals surface area contributed by atoms with Crippen LogP contribution in [0.2, 0.25) is 0 Å². The zero-order valence-corrected chi connectivity index (χ0v) is 12.4. The van der Waals surface area contributed by atoms with Gasteiger partial charge in [-0.15, -0.1) is 0 Å². The molecule has 1 saturated carbocycles.